The van der Waals surface area contributed by atoms with Gasteiger partial charge in [0.1, 0.15) is 5.56 Å². The number of aromatic nitrogens is 2. The van der Waals surface area contributed by atoms with Gasteiger partial charge in [-0.2, -0.15) is 0 Å². The van der Waals surface area contributed by atoms with Crippen LogP contribution in [0.5, 0.6) is 0 Å². The summed E-state index contributed by atoms with van der Waals surface area (Å²) in [5, 5.41) is 3.18. The molecule has 4 rings (SSSR count). The van der Waals surface area contributed by atoms with Crippen LogP contribution in [0.3, 0.4) is 0 Å². The highest BCUT2D eigenvalue weighted by Crippen LogP contribution is 2.23. The molecule has 0 aliphatic heterocycles. The normalized spacial score (nSPS) is 10.9. The number of H-pyrrole nitrogens is 1. The summed E-state index contributed by atoms with van der Waals surface area (Å²) in [6, 6.07) is 24.6. The Morgan fingerprint density at radius 2 is 1.51 bits per heavy atom. The van der Waals surface area contributed by atoms with Crippen LogP contribution < -0.4 is 5.56 Å². The van der Waals surface area contributed by atoms with Crippen LogP contribution in [0.1, 0.15) is 71.4 Å². The molecule has 0 aliphatic rings. The van der Waals surface area contributed by atoms with Crippen molar-refractivity contribution >= 4 is 11.7 Å². The quantitative estimate of drug-likeness (QED) is 0.212. The van der Waals surface area contributed by atoms with Crippen molar-refractivity contribution in [1.29, 1.82) is 0 Å². The van der Waals surface area contributed by atoms with Crippen molar-refractivity contribution in [2.24, 2.45) is 0 Å². The van der Waals surface area contributed by atoms with E-state index in [9.17, 15) is 14.4 Å². The van der Waals surface area contributed by atoms with Crippen molar-refractivity contribution < 1.29 is 9.59 Å². The fourth-order valence-electron chi connectivity index (χ4n) is 4.72. The maximum atomic E-state index is 13.8. The number of hydrogen-bond acceptors (Lipinski definition) is 3. The fourth-order valence-corrected chi connectivity index (χ4v) is 4.72. The number of Topliss-reactive ketones (excluding diaryl/α,β-unsaturated/α-hetero) is 1. The Bertz CT molecular complexity index is 1470. The highest BCUT2D eigenvalue weighted by Gasteiger charge is 2.27. The Hall–Kier alpha value is -4.19. The number of carbonyl (C=O) groups excluding carboxylic acids is 2. The zero-order chi connectivity index (χ0) is 27.8. The van der Waals surface area contributed by atoms with Crippen LogP contribution in [-0.4, -0.2) is 39.5 Å². The van der Waals surface area contributed by atoms with E-state index < -0.39 is 5.56 Å². The number of benzene rings is 3. The summed E-state index contributed by atoms with van der Waals surface area (Å²) in [5.74, 6) is -0.582. The maximum absolute atomic E-state index is 13.8. The third-order valence-electron chi connectivity index (χ3n) is 7.01. The van der Waals surface area contributed by atoms with E-state index in [-0.39, 0.29) is 23.8 Å². The lowest BCUT2D eigenvalue weighted by Crippen LogP contribution is -2.38. The second kappa shape index (κ2) is 13.1. The lowest BCUT2D eigenvalue weighted by molar-refractivity contribution is 0.0707. The number of hydrogen-bond donors (Lipinski definition) is 1. The average molecular weight is 524 g/mol. The van der Waals surface area contributed by atoms with Gasteiger partial charge in [0.2, 0.25) is 0 Å². The Labute approximate surface area is 230 Å². The zero-order valence-electron chi connectivity index (χ0n) is 23.1. The second-order valence-electron chi connectivity index (χ2n) is 9.96. The van der Waals surface area contributed by atoms with Crippen LogP contribution >= 0.6 is 0 Å². The number of aromatic amines is 1. The van der Waals surface area contributed by atoms with E-state index >= 15 is 0 Å². The van der Waals surface area contributed by atoms with Crippen molar-refractivity contribution in [2.75, 3.05) is 13.1 Å². The van der Waals surface area contributed by atoms with Gasteiger partial charge in [-0.05, 0) is 55.5 Å². The summed E-state index contributed by atoms with van der Waals surface area (Å²) in [6.07, 6.45) is 4.84. The third kappa shape index (κ3) is 6.45. The molecule has 0 atom stereocenters. The number of amides is 1. The molecular formula is C33H37N3O3. The van der Waals surface area contributed by atoms with Crippen LogP contribution in [0.25, 0.3) is 16.9 Å². The number of carbonyl (C=O) groups is 2. The molecule has 6 nitrogen and oxygen atoms in total. The number of para-hydroxylation sites is 1. The minimum atomic E-state index is -0.420. The van der Waals surface area contributed by atoms with Crippen molar-refractivity contribution in [1.82, 2.24) is 14.7 Å². The Balaban J connectivity index is 1.69. The molecule has 0 saturated carbocycles. The average Bonchev–Trinajstić information content (AvgIpc) is 3.31. The number of aryl methyl sites for hydroxylation is 2. The highest BCUT2D eigenvalue weighted by atomic mass is 16.2. The molecule has 0 aliphatic carbocycles. The number of nitrogens with one attached hydrogen (secondary N) is 1. The first-order chi connectivity index (χ1) is 18.9. The van der Waals surface area contributed by atoms with Crippen LogP contribution in [0.15, 0.2) is 83.7 Å². The minimum Gasteiger partial charge on any atom is -0.331 e. The van der Waals surface area contributed by atoms with Crippen molar-refractivity contribution in [3.8, 4) is 16.9 Å². The van der Waals surface area contributed by atoms with Gasteiger partial charge in [-0.15, -0.1) is 0 Å². The summed E-state index contributed by atoms with van der Waals surface area (Å²) < 4.78 is 1.43. The lowest BCUT2D eigenvalue weighted by Gasteiger charge is -2.22. The second-order valence-corrected chi connectivity index (χ2v) is 9.96. The van der Waals surface area contributed by atoms with E-state index in [0.717, 1.165) is 43.2 Å². The van der Waals surface area contributed by atoms with E-state index in [0.29, 0.717) is 23.5 Å². The van der Waals surface area contributed by atoms with Crippen molar-refractivity contribution in [3.63, 3.8) is 0 Å². The first-order valence-corrected chi connectivity index (χ1v) is 13.8. The van der Waals surface area contributed by atoms with E-state index in [4.69, 9.17) is 0 Å². The SMILES string of the molecule is CCCCc1ccc(C(=O)N(CCCC)CC(=O)c2c(-c3ccccc3)[nH]n(-c3ccccc3C)c2=O)cc1. The molecule has 1 amide bonds. The molecule has 0 unspecified atom stereocenters. The first kappa shape index (κ1) is 27.8. The Morgan fingerprint density at radius 3 is 2.18 bits per heavy atom. The molecule has 6 heteroatoms. The van der Waals surface area contributed by atoms with Gasteiger partial charge >= 0.3 is 0 Å². The first-order valence-electron chi connectivity index (χ1n) is 13.8. The maximum Gasteiger partial charge on any atom is 0.282 e. The van der Waals surface area contributed by atoms with Crippen molar-refractivity contribution in [2.45, 2.75) is 52.9 Å². The Morgan fingerprint density at radius 1 is 0.846 bits per heavy atom. The number of nitrogens with zero attached hydrogens (tertiary/aromatic N) is 2. The standard InChI is InChI=1S/C33H37N3O3/c1-4-6-14-25-18-20-27(21-19-25)32(38)35(22-7-5-2)23-29(37)30-31(26-15-9-8-10-16-26)34-36(33(30)39)28-17-12-11-13-24(28)3/h8-13,15-21,34H,4-7,14,22-23H2,1-3H3. The predicted octanol–water partition coefficient (Wildman–Crippen LogP) is 6.61. The summed E-state index contributed by atoms with van der Waals surface area (Å²) in [4.78, 5) is 42.7. The summed E-state index contributed by atoms with van der Waals surface area (Å²) >= 11 is 0. The summed E-state index contributed by atoms with van der Waals surface area (Å²) in [5.41, 5.74) is 4.17. The van der Waals surface area contributed by atoms with Gasteiger partial charge in [-0.25, -0.2) is 4.68 Å². The number of rotatable bonds is 12. The van der Waals surface area contributed by atoms with Gasteiger partial charge in [0, 0.05) is 17.7 Å². The van der Waals surface area contributed by atoms with E-state index in [1.165, 1.54) is 10.2 Å². The molecule has 0 saturated heterocycles. The fraction of sp³-hybridized carbons (Fsp3) is 0.303. The Kier molecular flexibility index (Phi) is 9.31. The van der Waals surface area contributed by atoms with Crippen LogP contribution in [-0.2, 0) is 6.42 Å². The van der Waals surface area contributed by atoms with Gasteiger partial charge in [0.05, 0.1) is 17.9 Å². The molecule has 1 N–H and O–H groups in total. The zero-order valence-corrected chi connectivity index (χ0v) is 23.1. The molecule has 0 bridgehead atoms. The van der Waals surface area contributed by atoms with E-state index in [1.54, 1.807) is 4.90 Å². The monoisotopic (exact) mass is 523 g/mol. The van der Waals surface area contributed by atoms with Crippen LogP contribution in [0.2, 0.25) is 0 Å². The van der Waals surface area contributed by atoms with Gasteiger partial charge < -0.3 is 4.90 Å². The molecule has 4 aromatic rings. The smallest absolute Gasteiger partial charge is 0.282 e. The van der Waals surface area contributed by atoms with E-state index in [2.05, 4.69) is 12.0 Å². The minimum absolute atomic E-state index is 0.0636. The molecule has 1 heterocycles. The van der Waals surface area contributed by atoms with E-state index in [1.807, 2.05) is 92.7 Å². The van der Waals surface area contributed by atoms with Gasteiger partial charge in [-0.3, -0.25) is 19.5 Å². The lowest BCUT2D eigenvalue weighted by atomic mass is 10.0. The van der Waals surface area contributed by atoms with Gasteiger partial charge in [0.15, 0.2) is 5.78 Å². The molecular weight excluding hydrogens is 486 g/mol. The molecule has 0 fully saturated rings. The van der Waals surface area contributed by atoms with Gasteiger partial charge in [0.25, 0.3) is 11.5 Å². The van der Waals surface area contributed by atoms with Gasteiger partial charge in [-0.1, -0.05) is 87.4 Å². The molecule has 39 heavy (non-hydrogen) atoms. The van der Waals surface area contributed by atoms with Crippen LogP contribution in [0, 0.1) is 6.92 Å². The molecule has 1 aromatic heterocycles. The highest BCUT2D eigenvalue weighted by molar-refractivity contribution is 6.05. The molecule has 202 valence electrons. The molecule has 0 spiro atoms. The third-order valence-corrected chi connectivity index (χ3v) is 7.01. The van der Waals surface area contributed by atoms with Crippen LogP contribution in [0.4, 0.5) is 0 Å². The summed E-state index contributed by atoms with van der Waals surface area (Å²) in [6.45, 7) is 6.40. The number of ketones is 1. The van der Waals surface area contributed by atoms with Crippen molar-refractivity contribution in [3.05, 3.63) is 111 Å². The predicted molar refractivity (Wildman–Crippen MR) is 157 cm³/mol. The molecule has 3 aromatic carbocycles. The largest absolute Gasteiger partial charge is 0.331 e. The summed E-state index contributed by atoms with van der Waals surface area (Å²) in [7, 11) is 0. The number of unbranched alkanes of at least 4 members (excludes halogenated alkanes) is 2. The topological polar surface area (TPSA) is 75.2 Å². The molecule has 0 radical (unpaired) electrons.